The standard InChI is InChI=1S/C28H29N7O3/c1-4-24(36)32(3)17-23-30-14-16-33(23)19-9-11-20(12-10-19)34-15-13-22-25(27(29)37)31-35(26(22)28(34)38)21-7-5-18(2)6-8-21/h5-12,14,16H,4,13,15,17H2,1-3H3,(H2,29,37). The number of aromatic nitrogens is 4. The molecule has 3 heterocycles. The van der Waals surface area contributed by atoms with Gasteiger partial charge in [-0.2, -0.15) is 5.10 Å². The molecule has 2 N–H and O–H groups in total. The third-order valence-electron chi connectivity index (χ3n) is 6.79. The van der Waals surface area contributed by atoms with Crippen molar-refractivity contribution in [2.45, 2.75) is 33.2 Å². The molecular weight excluding hydrogens is 482 g/mol. The number of hydrogen-bond donors (Lipinski definition) is 1. The third kappa shape index (κ3) is 4.45. The van der Waals surface area contributed by atoms with Crippen LogP contribution in [0.4, 0.5) is 5.69 Å². The van der Waals surface area contributed by atoms with Gasteiger partial charge in [0, 0.05) is 49.3 Å². The topological polar surface area (TPSA) is 119 Å². The van der Waals surface area contributed by atoms with Gasteiger partial charge in [-0.15, -0.1) is 0 Å². The number of fused-ring (bicyclic) bond motifs is 1. The van der Waals surface area contributed by atoms with Crippen LogP contribution in [0.15, 0.2) is 60.9 Å². The summed E-state index contributed by atoms with van der Waals surface area (Å²) in [5, 5.41) is 4.43. The largest absolute Gasteiger partial charge is 0.364 e. The lowest BCUT2D eigenvalue weighted by molar-refractivity contribution is -0.130. The average Bonchev–Trinajstić information content (AvgIpc) is 3.54. The van der Waals surface area contributed by atoms with E-state index in [0.29, 0.717) is 42.9 Å². The minimum atomic E-state index is -0.653. The number of nitrogens with zero attached hydrogens (tertiary/aromatic N) is 6. The van der Waals surface area contributed by atoms with Gasteiger partial charge in [0.25, 0.3) is 11.8 Å². The lowest BCUT2D eigenvalue weighted by Gasteiger charge is -2.28. The third-order valence-corrected chi connectivity index (χ3v) is 6.79. The Morgan fingerprint density at radius 3 is 2.34 bits per heavy atom. The number of carbonyl (C=O) groups excluding carboxylic acids is 3. The number of rotatable bonds is 7. The number of benzene rings is 2. The highest BCUT2D eigenvalue weighted by Crippen LogP contribution is 2.29. The molecule has 0 fully saturated rings. The molecule has 0 unspecified atom stereocenters. The van der Waals surface area contributed by atoms with Crippen molar-refractivity contribution >= 4 is 23.4 Å². The fraction of sp³-hybridized carbons (Fsp3) is 0.250. The van der Waals surface area contributed by atoms with Crippen molar-refractivity contribution in [3.63, 3.8) is 0 Å². The van der Waals surface area contributed by atoms with E-state index in [1.54, 1.807) is 23.0 Å². The normalized spacial score (nSPS) is 12.9. The molecule has 38 heavy (non-hydrogen) atoms. The minimum Gasteiger partial charge on any atom is -0.364 e. The molecule has 4 aromatic rings. The van der Waals surface area contributed by atoms with Gasteiger partial charge in [-0.05, 0) is 49.7 Å². The zero-order valence-corrected chi connectivity index (χ0v) is 21.6. The van der Waals surface area contributed by atoms with Crippen LogP contribution >= 0.6 is 0 Å². The monoisotopic (exact) mass is 511 g/mol. The van der Waals surface area contributed by atoms with Crippen molar-refractivity contribution in [3.05, 3.63) is 89.3 Å². The first-order valence-electron chi connectivity index (χ1n) is 12.5. The Bertz CT molecular complexity index is 1520. The molecule has 0 bridgehead atoms. The number of carbonyl (C=O) groups is 3. The molecule has 10 heteroatoms. The van der Waals surface area contributed by atoms with Crippen LogP contribution in [-0.4, -0.2) is 55.5 Å². The van der Waals surface area contributed by atoms with E-state index in [-0.39, 0.29) is 17.5 Å². The van der Waals surface area contributed by atoms with Crippen LogP contribution in [0.1, 0.15) is 51.3 Å². The molecule has 0 spiro atoms. The van der Waals surface area contributed by atoms with Gasteiger partial charge < -0.3 is 20.1 Å². The Morgan fingerprint density at radius 2 is 1.68 bits per heavy atom. The van der Waals surface area contributed by atoms with E-state index in [0.717, 1.165) is 22.8 Å². The van der Waals surface area contributed by atoms with E-state index in [2.05, 4.69) is 10.1 Å². The second kappa shape index (κ2) is 9.97. The molecule has 0 atom stereocenters. The zero-order chi connectivity index (χ0) is 27.0. The fourth-order valence-corrected chi connectivity index (χ4v) is 4.73. The molecular formula is C28H29N7O3. The quantitative estimate of drug-likeness (QED) is 0.409. The first-order chi connectivity index (χ1) is 18.3. The first-order valence-corrected chi connectivity index (χ1v) is 12.5. The van der Waals surface area contributed by atoms with E-state index in [1.807, 2.05) is 73.1 Å². The van der Waals surface area contributed by atoms with Crippen molar-refractivity contribution < 1.29 is 14.4 Å². The summed E-state index contributed by atoms with van der Waals surface area (Å²) in [5.41, 5.74) is 10.00. The Hall–Kier alpha value is -4.73. The predicted molar refractivity (Wildman–Crippen MR) is 143 cm³/mol. The summed E-state index contributed by atoms with van der Waals surface area (Å²) in [6, 6.07) is 15.2. The SMILES string of the molecule is CCC(=O)N(C)Cc1nccn1-c1ccc(N2CCc3c(C(N)=O)nn(-c4ccc(C)cc4)c3C2=O)cc1. The zero-order valence-electron chi connectivity index (χ0n) is 21.6. The summed E-state index contributed by atoms with van der Waals surface area (Å²) in [7, 11) is 1.76. The van der Waals surface area contributed by atoms with E-state index in [9.17, 15) is 14.4 Å². The maximum atomic E-state index is 13.8. The van der Waals surface area contributed by atoms with Crippen LogP contribution in [0.5, 0.6) is 0 Å². The van der Waals surface area contributed by atoms with Crippen molar-refractivity contribution in [2.75, 3.05) is 18.5 Å². The summed E-state index contributed by atoms with van der Waals surface area (Å²) in [6.45, 7) is 4.59. The van der Waals surface area contributed by atoms with Crippen LogP contribution < -0.4 is 10.6 Å². The summed E-state index contributed by atoms with van der Waals surface area (Å²) in [4.78, 5) is 45.6. The maximum Gasteiger partial charge on any atom is 0.277 e. The molecule has 10 nitrogen and oxygen atoms in total. The smallest absolute Gasteiger partial charge is 0.277 e. The van der Waals surface area contributed by atoms with Crippen LogP contribution in [0, 0.1) is 6.92 Å². The van der Waals surface area contributed by atoms with Crippen LogP contribution in [0.3, 0.4) is 0 Å². The van der Waals surface area contributed by atoms with Gasteiger partial charge in [-0.25, -0.2) is 9.67 Å². The Labute approximate surface area is 220 Å². The Balaban J connectivity index is 1.45. The van der Waals surface area contributed by atoms with E-state index >= 15 is 0 Å². The number of hydrogen-bond acceptors (Lipinski definition) is 5. The lowest BCUT2D eigenvalue weighted by atomic mass is 10.0. The van der Waals surface area contributed by atoms with E-state index in [1.165, 1.54) is 4.68 Å². The molecule has 1 aliphatic heterocycles. The van der Waals surface area contributed by atoms with E-state index < -0.39 is 5.91 Å². The highest BCUT2D eigenvalue weighted by molar-refractivity contribution is 6.09. The highest BCUT2D eigenvalue weighted by atomic mass is 16.2. The van der Waals surface area contributed by atoms with Gasteiger partial charge in [-0.3, -0.25) is 14.4 Å². The van der Waals surface area contributed by atoms with Crippen LogP contribution in [-0.2, 0) is 17.8 Å². The van der Waals surface area contributed by atoms with Crippen molar-refractivity contribution in [1.82, 2.24) is 24.2 Å². The summed E-state index contributed by atoms with van der Waals surface area (Å²) in [6.07, 6.45) is 4.43. The van der Waals surface area contributed by atoms with Gasteiger partial charge in [0.15, 0.2) is 5.69 Å². The summed E-state index contributed by atoms with van der Waals surface area (Å²) >= 11 is 0. The molecule has 194 valence electrons. The Morgan fingerprint density at radius 1 is 1.03 bits per heavy atom. The molecule has 0 saturated heterocycles. The molecule has 2 aromatic carbocycles. The molecule has 0 radical (unpaired) electrons. The van der Waals surface area contributed by atoms with E-state index in [4.69, 9.17) is 5.73 Å². The highest BCUT2D eigenvalue weighted by Gasteiger charge is 2.34. The van der Waals surface area contributed by atoms with Crippen LogP contribution in [0.25, 0.3) is 11.4 Å². The fourth-order valence-electron chi connectivity index (χ4n) is 4.73. The van der Waals surface area contributed by atoms with Crippen molar-refractivity contribution in [1.29, 1.82) is 0 Å². The molecule has 1 aliphatic rings. The van der Waals surface area contributed by atoms with Crippen molar-refractivity contribution in [2.24, 2.45) is 5.73 Å². The van der Waals surface area contributed by atoms with Gasteiger partial charge >= 0.3 is 0 Å². The van der Waals surface area contributed by atoms with Gasteiger partial charge in [0.05, 0.1) is 12.2 Å². The average molecular weight is 512 g/mol. The number of primary amides is 1. The van der Waals surface area contributed by atoms with Gasteiger partial charge in [0.2, 0.25) is 5.91 Å². The molecule has 3 amide bonds. The lowest BCUT2D eigenvalue weighted by Crippen LogP contribution is -2.39. The number of anilines is 1. The predicted octanol–water partition coefficient (Wildman–Crippen LogP) is 3.04. The Kier molecular flexibility index (Phi) is 6.54. The van der Waals surface area contributed by atoms with Crippen LogP contribution in [0.2, 0.25) is 0 Å². The molecule has 5 rings (SSSR count). The van der Waals surface area contributed by atoms with Gasteiger partial charge in [-0.1, -0.05) is 24.6 Å². The first kappa shape index (κ1) is 24.9. The van der Waals surface area contributed by atoms with Gasteiger partial charge in [0.1, 0.15) is 11.5 Å². The molecule has 0 saturated carbocycles. The summed E-state index contributed by atoms with van der Waals surface area (Å²) < 4.78 is 3.44. The number of aryl methyl sites for hydroxylation is 1. The molecule has 0 aliphatic carbocycles. The minimum absolute atomic E-state index is 0.0437. The number of nitrogens with two attached hydrogens (primary N) is 1. The number of amides is 3. The second-order valence-corrected chi connectivity index (χ2v) is 9.33. The van der Waals surface area contributed by atoms with Crippen molar-refractivity contribution in [3.8, 4) is 11.4 Å². The number of imidazole rings is 1. The summed E-state index contributed by atoms with van der Waals surface area (Å²) in [5.74, 6) is -0.119. The molecule has 2 aromatic heterocycles. The second-order valence-electron chi connectivity index (χ2n) is 9.33. The maximum absolute atomic E-state index is 13.8.